The van der Waals surface area contributed by atoms with Crippen molar-refractivity contribution in [2.24, 2.45) is 0 Å². The Morgan fingerprint density at radius 1 is 1.27 bits per heavy atom. The van der Waals surface area contributed by atoms with Gasteiger partial charge in [0.1, 0.15) is 5.82 Å². The van der Waals surface area contributed by atoms with Gasteiger partial charge < -0.3 is 15.2 Å². The monoisotopic (exact) mass is 469 g/mol. The number of ether oxygens (including phenoxy) is 1. The maximum atomic E-state index is 14.1. The van der Waals surface area contributed by atoms with E-state index in [4.69, 9.17) is 9.72 Å². The molecule has 1 aromatic carbocycles. The van der Waals surface area contributed by atoms with Gasteiger partial charge in [0.15, 0.2) is 11.6 Å². The van der Waals surface area contributed by atoms with Crippen molar-refractivity contribution in [1.82, 2.24) is 9.97 Å². The first-order chi connectivity index (χ1) is 16.0. The summed E-state index contributed by atoms with van der Waals surface area (Å²) in [5.41, 5.74) is 2.83. The summed E-state index contributed by atoms with van der Waals surface area (Å²) in [4.78, 5) is 22.1. The molecule has 3 aromatic rings. The average Bonchev–Trinajstić information content (AvgIpc) is 3.27. The van der Waals surface area contributed by atoms with E-state index in [-0.39, 0.29) is 12.2 Å². The van der Waals surface area contributed by atoms with Crippen molar-refractivity contribution in [2.75, 3.05) is 19.0 Å². The fraction of sp³-hybridized carbons (Fsp3) is 0.400. The lowest BCUT2D eigenvalue weighted by atomic mass is 9.96. The zero-order chi connectivity index (χ0) is 23.2. The molecule has 0 spiro atoms. The molecule has 8 heteroatoms. The van der Waals surface area contributed by atoms with Gasteiger partial charge in [0.2, 0.25) is 0 Å². The Kier molecular flexibility index (Phi) is 7.54. The summed E-state index contributed by atoms with van der Waals surface area (Å²) >= 11 is 1.53. The highest BCUT2D eigenvalue weighted by atomic mass is 32.1. The molecule has 2 aromatic heterocycles. The van der Waals surface area contributed by atoms with Gasteiger partial charge in [0.25, 0.3) is 0 Å². The largest absolute Gasteiger partial charge is 0.494 e. The van der Waals surface area contributed by atoms with E-state index >= 15 is 0 Å². The second kappa shape index (κ2) is 10.7. The van der Waals surface area contributed by atoms with Crippen LogP contribution in [0.4, 0.5) is 10.2 Å². The minimum Gasteiger partial charge on any atom is -0.494 e. The first-order valence-corrected chi connectivity index (χ1v) is 12.1. The van der Waals surface area contributed by atoms with Crippen molar-refractivity contribution < 1.29 is 19.0 Å². The molecular weight excluding hydrogens is 441 g/mol. The number of halogens is 1. The van der Waals surface area contributed by atoms with E-state index in [1.807, 2.05) is 6.20 Å². The molecule has 0 bridgehead atoms. The third-order valence-corrected chi connectivity index (χ3v) is 6.99. The minimum atomic E-state index is -0.997. The number of carbonyl (C=O) groups is 1. The van der Waals surface area contributed by atoms with Gasteiger partial charge in [-0.15, -0.1) is 11.3 Å². The quantitative estimate of drug-likeness (QED) is 0.406. The van der Waals surface area contributed by atoms with Crippen LogP contribution in [-0.2, 0) is 30.5 Å². The molecule has 0 saturated heterocycles. The first-order valence-electron chi connectivity index (χ1n) is 11.3. The van der Waals surface area contributed by atoms with Gasteiger partial charge in [-0.25, -0.2) is 14.4 Å². The van der Waals surface area contributed by atoms with Crippen LogP contribution in [0.2, 0.25) is 0 Å². The summed E-state index contributed by atoms with van der Waals surface area (Å²) in [6.45, 7) is 0.993. The minimum absolute atomic E-state index is 0.0984. The Labute approximate surface area is 196 Å². The molecule has 1 aliphatic rings. The number of fused-ring (bicyclic) bond motifs is 1. The predicted octanol–water partition coefficient (Wildman–Crippen LogP) is 5.02. The molecule has 1 aliphatic heterocycles. The number of hydrogen-bond donors (Lipinski definition) is 2. The number of benzene rings is 1. The standard InChI is InChI=1S/C25H28FN3O3S/c1-32-22-11-9-17(13-21(22)26)20(25(30)31)14-23-28-15-19(33-23)7-3-2-6-18-10-8-16-5-4-12-27-24(16)29-18/h8-11,13,15,20H,2-7,12,14H2,1H3,(H,27,29)(H,30,31)/t20-/m0/s1. The van der Waals surface area contributed by atoms with Crippen molar-refractivity contribution in [1.29, 1.82) is 0 Å². The highest BCUT2D eigenvalue weighted by Gasteiger charge is 2.23. The molecule has 174 valence electrons. The van der Waals surface area contributed by atoms with Gasteiger partial charge in [0, 0.05) is 29.7 Å². The number of carboxylic acid groups (broad SMARTS) is 1. The maximum Gasteiger partial charge on any atom is 0.311 e. The second-order valence-electron chi connectivity index (χ2n) is 8.26. The molecule has 3 heterocycles. The summed E-state index contributed by atoms with van der Waals surface area (Å²) < 4.78 is 19.0. The summed E-state index contributed by atoms with van der Waals surface area (Å²) in [6.07, 6.45) is 8.20. The average molecular weight is 470 g/mol. The number of unbranched alkanes of at least 4 members (excludes halogenated alkanes) is 1. The summed E-state index contributed by atoms with van der Waals surface area (Å²) in [5.74, 6) is -1.28. The predicted molar refractivity (Wildman–Crippen MR) is 127 cm³/mol. The van der Waals surface area contributed by atoms with Crippen LogP contribution in [0, 0.1) is 5.82 Å². The molecule has 1 atom stereocenters. The second-order valence-corrected chi connectivity index (χ2v) is 9.46. The number of thiazole rings is 1. The van der Waals surface area contributed by atoms with Gasteiger partial charge >= 0.3 is 5.97 Å². The third-order valence-electron chi connectivity index (χ3n) is 5.91. The van der Waals surface area contributed by atoms with E-state index in [1.54, 1.807) is 6.07 Å². The maximum absolute atomic E-state index is 14.1. The molecule has 0 unspecified atom stereocenters. The molecule has 6 nitrogen and oxygen atoms in total. The van der Waals surface area contributed by atoms with Crippen LogP contribution >= 0.6 is 11.3 Å². The van der Waals surface area contributed by atoms with Crippen LogP contribution in [0.15, 0.2) is 36.5 Å². The molecule has 33 heavy (non-hydrogen) atoms. The number of methoxy groups -OCH3 is 1. The number of carboxylic acids is 1. The highest BCUT2D eigenvalue weighted by molar-refractivity contribution is 7.11. The number of aromatic nitrogens is 2. The van der Waals surface area contributed by atoms with E-state index in [0.717, 1.165) is 66.5 Å². The summed E-state index contributed by atoms with van der Waals surface area (Å²) in [5, 5.41) is 13.8. The number of nitrogens with zero attached hydrogens (tertiary/aromatic N) is 2. The Bertz CT molecular complexity index is 1120. The van der Waals surface area contributed by atoms with Gasteiger partial charge in [-0.1, -0.05) is 12.1 Å². The molecule has 0 radical (unpaired) electrons. The highest BCUT2D eigenvalue weighted by Crippen LogP contribution is 2.28. The molecular formula is C25H28FN3O3S. The van der Waals surface area contributed by atoms with E-state index in [1.165, 1.54) is 36.1 Å². The number of anilines is 1. The Morgan fingerprint density at radius 2 is 2.12 bits per heavy atom. The summed E-state index contributed by atoms with van der Waals surface area (Å²) in [6, 6.07) is 8.61. The number of aliphatic carboxylic acids is 1. The van der Waals surface area contributed by atoms with E-state index in [0.29, 0.717) is 5.56 Å². The van der Waals surface area contributed by atoms with Crippen molar-refractivity contribution in [3.8, 4) is 5.75 Å². The van der Waals surface area contributed by atoms with Crippen LogP contribution in [-0.4, -0.2) is 34.7 Å². The van der Waals surface area contributed by atoms with Crippen LogP contribution < -0.4 is 10.1 Å². The van der Waals surface area contributed by atoms with Crippen molar-refractivity contribution >= 4 is 23.1 Å². The SMILES string of the molecule is COc1ccc([C@H](Cc2ncc(CCCCc3ccc4c(n3)NCCC4)s2)C(=O)O)cc1F. The molecule has 0 fully saturated rings. The first kappa shape index (κ1) is 23.2. The van der Waals surface area contributed by atoms with Crippen LogP contribution in [0.1, 0.15) is 51.9 Å². The molecule has 4 rings (SSSR count). The Balaban J connectivity index is 1.30. The number of hydrogen-bond acceptors (Lipinski definition) is 6. The zero-order valence-corrected chi connectivity index (χ0v) is 19.5. The third kappa shape index (κ3) is 5.87. The van der Waals surface area contributed by atoms with Crippen molar-refractivity contribution in [3.63, 3.8) is 0 Å². The number of aryl methyl sites for hydroxylation is 3. The lowest BCUT2D eigenvalue weighted by Gasteiger charge is -2.17. The van der Waals surface area contributed by atoms with E-state index < -0.39 is 17.7 Å². The van der Waals surface area contributed by atoms with E-state index in [9.17, 15) is 14.3 Å². The Morgan fingerprint density at radius 3 is 2.91 bits per heavy atom. The van der Waals surface area contributed by atoms with Crippen LogP contribution in [0.25, 0.3) is 0 Å². The van der Waals surface area contributed by atoms with Gasteiger partial charge in [-0.2, -0.15) is 0 Å². The van der Waals surface area contributed by atoms with Gasteiger partial charge in [-0.05, 0) is 67.9 Å². The molecule has 0 saturated carbocycles. The zero-order valence-electron chi connectivity index (χ0n) is 18.6. The van der Waals surface area contributed by atoms with Crippen LogP contribution in [0.5, 0.6) is 5.75 Å². The fourth-order valence-electron chi connectivity index (χ4n) is 4.09. The summed E-state index contributed by atoms with van der Waals surface area (Å²) in [7, 11) is 1.38. The molecule has 0 aliphatic carbocycles. The Hall–Kier alpha value is -3.00. The normalized spacial score (nSPS) is 13.8. The molecule has 2 N–H and O–H groups in total. The van der Waals surface area contributed by atoms with Gasteiger partial charge in [-0.3, -0.25) is 4.79 Å². The fourth-order valence-corrected chi connectivity index (χ4v) is 5.10. The lowest BCUT2D eigenvalue weighted by Crippen LogP contribution is -2.14. The lowest BCUT2D eigenvalue weighted by molar-refractivity contribution is -0.138. The van der Waals surface area contributed by atoms with Crippen molar-refractivity contribution in [2.45, 2.75) is 50.9 Å². The topological polar surface area (TPSA) is 84.3 Å². The number of pyridine rings is 1. The number of nitrogens with one attached hydrogen (secondary N) is 1. The van der Waals surface area contributed by atoms with E-state index in [2.05, 4.69) is 22.4 Å². The molecule has 0 amide bonds. The smallest absolute Gasteiger partial charge is 0.311 e. The van der Waals surface area contributed by atoms with Gasteiger partial charge in [0.05, 0.1) is 18.0 Å². The number of rotatable bonds is 10. The van der Waals surface area contributed by atoms with Crippen molar-refractivity contribution in [3.05, 3.63) is 69.1 Å². The van der Waals surface area contributed by atoms with Crippen LogP contribution in [0.3, 0.4) is 0 Å².